The van der Waals surface area contributed by atoms with E-state index in [2.05, 4.69) is 4.98 Å². The molecule has 20 heavy (non-hydrogen) atoms. The van der Waals surface area contributed by atoms with Gasteiger partial charge in [0.25, 0.3) is 5.69 Å². The van der Waals surface area contributed by atoms with Crippen molar-refractivity contribution in [1.82, 2.24) is 4.98 Å². The van der Waals surface area contributed by atoms with Gasteiger partial charge in [0.15, 0.2) is 0 Å². The van der Waals surface area contributed by atoms with E-state index in [1.807, 2.05) is 11.4 Å². The van der Waals surface area contributed by atoms with Crippen LogP contribution in [0.4, 0.5) is 5.69 Å². The number of nitro groups is 1. The Balaban J connectivity index is 1.93. The van der Waals surface area contributed by atoms with Crippen LogP contribution in [0.25, 0.3) is 11.3 Å². The summed E-state index contributed by atoms with van der Waals surface area (Å²) in [5.74, 6) is 0. The van der Waals surface area contributed by atoms with E-state index in [0.717, 1.165) is 35.7 Å². The molecule has 1 fully saturated rings. The van der Waals surface area contributed by atoms with Crippen molar-refractivity contribution in [3.05, 3.63) is 44.3 Å². The van der Waals surface area contributed by atoms with Gasteiger partial charge in [-0.3, -0.25) is 10.1 Å². The first-order valence-electron chi connectivity index (χ1n) is 6.47. The lowest BCUT2D eigenvalue weighted by Gasteiger charge is -2.04. The molecule has 0 radical (unpaired) electrons. The number of rotatable bonds is 3. The average molecular weight is 290 g/mol. The Labute approximate surface area is 120 Å². The van der Waals surface area contributed by atoms with E-state index in [4.69, 9.17) is 4.74 Å². The SMILES string of the molecule is Cc1ccc(-c2csc(C3CCCO3)n2)cc1[N+](=O)[O-]. The van der Waals surface area contributed by atoms with Crippen LogP contribution in [0.1, 0.15) is 29.5 Å². The second-order valence-electron chi connectivity index (χ2n) is 4.83. The maximum absolute atomic E-state index is 11.0. The van der Waals surface area contributed by atoms with Gasteiger partial charge in [-0.1, -0.05) is 12.1 Å². The van der Waals surface area contributed by atoms with Crippen molar-refractivity contribution >= 4 is 17.0 Å². The van der Waals surface area contributed by atoms with Crippen LogP contribution in [0.5, 0.6) is 0 Å². The molecule has 5 nitrogen and oxygen atoms in total. The topological polar surface area (TPSA) is 65.3 Å². The maximum Gasteiger partial charge on any atom is 0.272 e. The normalized spacial score (nSPS) is 18.4. The molecule has 3 rings (SSSR count). The van der Waals surface area contributed by atoms with E-state index in [0.29, 0.717) is 5.56 Å². The summed E-state index contributed by atoms with van der Waals surface area (Å²) in [5, 5.41) is 13.9. The van der Waals surface area contributed by atoms with Crippen molar-refractivity contribution in [2.45, 2.75) is 25.9 Å². The van der Waals surface area contributed by atoms with Crippen LogP contribution in [-0.2, 0) is 4.74 Å². The summed E-state index contributed by atoms with van der Waals surface area (Å²) < 4.78 is 5.61. The van der Waals surface area contributed by atoms with Crippen molar-refractivity contribution in [3.8, 4) is 11.3 Å². The van der Waals surface area contributed by atoms with E-state index < -0.39 is 0 Å². The van der Waals surface area contributed by atoms with Crippen molar-refractivity contribution in [3.63, 3.8) is 0 Å². The molecule has 0 spiro atoms. The molecule has 1 aromatic carbocycles. The van der Waals surface area contributed by atoms with Crippen LogP contribution in [0, 0.1) is 17.0 Å². The summed E-state index contributed by atoms with van der Waals surface area (Å²) >= 11 is 1.55. The minimum Gasteiger partial charge on any atom is -0.371 e. The molecule has 6 heteroatoms. The number of hydrogen-bond donors (Lipinski definition) is 0. The summed E-state index contributed by atoms with van der Waals surface area (Å²) in [5.41, 5.74) is 2.36. The van der Waals surface area contributed by atoms with Gasteiger partial charge in [-0.2, -0.15) is 0 Å². The fourth-order valence-corrected chi connectivity index (χ4v) is 3.22. The second-order valence-corrected chi connectivity index (χ2v) is 5.72. The van der Waals surface area contributed by atoms with E-state index >= 15 is 0 Å². The quantitative estimate of drug-likeness (QED) is 0.635. The number of ether oxygens (including phenoxy) is 1. The highest BCUT2D eigenvalue weighted by atomic mass is 32.1. The highest BCUT2D eigenvalue weighted by Gasteiger charge is 2.21. The minimum atomic E-state index is -0.355. The van der Waals surface area contributed by atoms with Gasteiger partial charge < -0.3 is 4.74 Å². The van der Waals surface area contributed by atoms with Gasteiger partial charge >= 0.3 is 0 Å². The van der Waals surface area contributed by atoms with E-state index in [9.17, 15) is 10.1 Å². The lowest BCUT2D eigenvalue weighted by molar-refractivity contribution is -0.385. The molecule has 1 unspecified atom stereocenters. The van der Waals surface area contributed by atoms with Crippen LogP contribution in [0.2, 0.25) is 0 Å². The Morgan fingerprint density at radius 1 is 1.50 bits per heavy atom. The molecule has 0 amide bonds. The average Bonchev–Trinajstić information content (AvgIpc) is 3.09. The second kappa shape index (κ2) is 5.30. The van der Waals surface area contributed by atoms with Crippen LogP contribution in [0.3, 0.4) is 0 Å². The van der Waals surface area contributed by atoms with Gasteiger partial charge in [0.05, 0.1) is 10.6 Å². The van der Waals surface area contributed by atoms with Crippen molar-refractivity contribution in [1.29, 1.82) is 0 Å². The number of thiazole rings is 1. The lowest BCUT2D eigenvalue weighted by Crippen LogP contribution is -1.95. The first-order valence-corrected chi connectivity index (χ1v) is 7.35. The molecule has 0 saturated carbocycles. The van der Waals surface area contributed by atoms with E-state index in [1.54, 1.807) is 30.4 Å². The van der Waals surface area contributed by atoms with Gasteiger partial charge in [0.2, 0.25) is 0 Å². The first-order chi connectivity index (χ1) is 9.65. The number of aromatic nitrogens is 1. The van der Waals surface area contributed by atoms with E-state index in [-0.39, 0.29) is 16.7 Å². The molecule has 1 atom stereocenters. The third-order valence-corrected chi connectivity index (χ3v) is 4.37. The van der Waals surface area contributed by atoms with Crippen LogP contribution >= 0.6 is 11.3 Å². The maximum atomic E-state index is 11.0. The Hall–Kier alpha value is -1.79. The monoisotopic (exact) mass is 290 g/mol. The number of benzene rings is 1. The molecule has 1 aliphatic rings. The Morgan fingerprint density at radius 2 is 2.35 bits per heavy atom. The standard InChI is InChI=1S/C14H14N2O3S/c1-9-4-5-10(7-12(9)16(17)18)11-8-20-14(15-11)13-3-2-6-19-13/h4-5,7-8,13H,2-3,6H2,1H3. The molecule has 0 aliphatic carbocycles. The molecule has 104 valence electrons. The van der Waals surface area contributed by atoms with Gasteiger partial charge in [0.1, 0.15) is 11.1 Å². The predicted octanol–water partition coefficient (Wildman–Crippen LogP) is 3.88. The summed E-state index contributed by atoms with van der Waals surface area (Å²) in [6.45, 7) is 2.52. The predicted molar refractivity (Wildman–Crippen MR) is 76.9 cm³/mol. The fourth-order valence-electron chi connectivity index (χ4n) is 2.31. The summed E-state index contributed by atoms with van der Waals surface area (Å²) in [4.78, 5) is 15.2. The molecule has 2 aromatic rings. The first kappa shape index (κ1) is 13.2. The van der Waals surface area contributed by atoms with Gasteiger partial charge in [-0.05, 0) is 19.8 Å². The summed E-state index contributed by atoms with van der Waals surface area (Å²) in [7, 11) is 0. The highest BCUT2D eigenvalue weighted by Crippen LogP contribution is 2.34. The highest BCUT2D eigenvalue weighted by molar-refractivity contribution is 7.10. The fraction of sp³-hybridized carbons (Fsp3) is 0.357. The summed E-state index contributed by atoms with van der Waals surface area (Å²) in [6, 6.07) is 5.22. The Bertz CT molecular complexity index is 648. The number of nitro benzene ring substituents is 1. The number of aryl methyl sites for hydroxylation is 1. The largest absolute Gasteiger partial charge is 0.371 e. The van der Waals surface area contributed by atoms with Crippen LogP contribution < -0.4 is 0 Å². The smallest absolute Gasteiger partial charge is 0.272 e. The lowest BCUT2D eigenvalue weighted by atomic mass is 10.1. The zero-order chi connectivity index (χ0) is 14.1. The molecule has 1 aliphatic heterocycles. The molecule has 1 aromatic heterocycles. The Morgan fingerprint density at radius 3 is 3.05 bits per heavy atom. The van der Waals surface area contributed by atoms with Crippen molar-refractivity contribution < 1.29 is 9.66 Å². The molecule has 0 bridgehead atoms. The van der Waals surface area contributed by atoms with Crippen molar-refractivity contribution in [2.24, 2.45) is 0 Å². The number of nitrogens with zero attached hydrogens (tertiary/aromatic N) is 2. The third-order valence-electron chi connectivity index (χ3n) is 3.43. The Kier molecular flexibility index (Phi) is 3.50. The minimum absolute atomic E-state index is 0.0918. The molecular formula is C14H14N2O3S. The van der Waals surface area contributed by atoms with Crippen LogP contribution in [0.15, 0.2) is 23.6 Å². The van der Waals surface area contributed by atoms with E-state index in [1.165, 1.54) is 0 Å². The van der Waals surface area contributed by atoms with Gasteiger partial charge in [-0.15, -0.1) is 11.3 Å². The molecule has 0 N–H and O–H groups in total. The van der Waals surface area contributed by atoms with Crippen molar-refractivity contribution in [2.75, 3.05) is 6.61 Å². The van der Waals surface area contributed by atoms with Gasteiger partial charge in [0, 0.05) is 29.2 Å². The molecule has 2 heterocycles. The summed E-state index contributed by atoms with van der Waals surface area (Å²) in [6.07, 6.45) is 2.16. The molecule has 1 saturated heterocycles. The molecular weight excluding hydrogens is 276 g/mol. The zero-order valence-electron chi connectivity index (χ0n) is 11.0. The number of hydrogen-bond acceptors (Lipinski definition) is 5. The van der Waals surface area contributed by atoms with Gasteiger partial charge in [-0.25, -0.2) is 4.98 Å². The van der Waals surface area contributed by atoms with Crippen LogP contribution in [-0.4, -0.2) is 16.5 Å². The zero-order valence-corrected chi connectivity index (χ0v) is 11.9. The third kappa shape index (κ3) is 2.44.